The lowest BCUT2D eigenvalue weighted by atomic mass is 10.1. The van der Waals surface area contributed by atoms with E-state index in [-0.39, 0.29) is 17.7 Å². The van der Waals surface area contributed by atoms with Crippen LogP contribution in [0.3, 0.4) is 0 Å². The molecule has 1 fully saturated rings. The summed E-state index contributed by atoms with van der Waals surface area (Å²) >= 11 is 0. The van der Waals surface area contributed by atoms with Gasteiger partial charge in [-0.15, -0.1) is 0 Å². The smallest absolute Gasteiger partial charge is 0.225 e. The Balaban J connectivity index is 1.80. The number of benzene rings is 1. The van der Waals surface area contributed by atoms with E-state index < -0.39 is 0 Å². The summed E-state index contributed by atoms with van der Waals surface area (Å²) in [7, 11) is 3.20. The molecule has 0 aromatic heterocycles. The van der Waals surface area contributed by atoms with Gasteiger partial charge in [-0.05, 0) is 30.5 Å². The minimum atomic E-state index is -0.227. The Morgan fingerprint density at radius 2 is 2.04 bits per heavy atom. The maximum absolute atomic E-state index is 12.3. The molecule has 1 N–H and O–H groups in total. The highest BCUT2D eigenvalue weighted by Crippen LogP contribution is 2.27. The van der Waals surface area contributed by atoms with Gasteiger partial charge in [0.1, 0.15) is 0 Å². The molecule has 0 bridgehead atoms. The van der Waals surface area contributed by atoms with Crippen molar-refractivity contribution in [3.63, 3.8) is 0 Å². The molecule has 1 aliphatic heterocycles. The largest absolute Gasteiger partial charge is 0.493 e. The third kappa shape index (κ3) is 5.11. The van der Waals surface area contributed by atoms with Crippen LogP contribution in [0.15, 0.2) is 18.2 Å². The monoisotopic (exact) mass is 348 g/mol. The molecule has 2 rings (SSSR count). The number of nitrogens with zero attached hydrogens (tertiary/aromatic N) is 1. The first-order valence-corrected chi connectivity index (χ1v) is 8.85. The Morgan fingerprint density at radius 3 is 2.72 bits per heavy atom. The molecule has 1 atom stereocenters. The van der Waals surface area contributed by atoms with Crippen LogP contribution in [-0.4, -0.2) is 50.6 Å². The Labute approximate surface area is 149 Å². The van der Waals surface area contributed by atoms with Crippen molar-refractivity contribution in [2.45, 2.75) is 32.6 Å². The van der Waals surface area contributed by atoms with Crippen LogP contribution in [0.1, 0.15) is 31.7 Å². The molecule has 1 heterocycles. The molecule has 138 valence electrons. The molecule has 1 aromatic carbocycles. The quantitative estimate of drug-likeness (QED) is 0.741. The maximum Gasteiger partial charge on any atom is 0.225 e. The van der Waals surface area contributed by atoms with Crippen LogP contribution in [0.4, 0.5) is 0 Å². The first kappa shape index (κ1) is 19.1. The summed E-state index contributed by atoms with van der Waals surface area (Å²) < 4.78 is 10.5. The van der Waals surface area contributed by atoms with Crippen LogP contribution in [0.2, 0.25) is 0 Å². The molecule has 0 aliphatic carbocycles. The first-order chi connectivity index (χ1) is 12.1. The zero-order chi connectivity index (χ0) is 18.2. The Bertz CT molecular complexity index is 603. The molecular formula is C19H28N2O4. The van der Waals surface area contributed by atoms with Gasteiger partial charge in [0.2, 0.25) is 11.8 Å². The van der Waals surface area contributed by atoms with Gasteiger partial charge in [-0.3, -0.25) is 9.59 Å². The molecule has 6 nitrogen and oxygen atoms in total. The molecular weight excluding hydrogens is 320 g/mol. The number of likely N-dealkylation sites (tertiary alicyclic amines) is 1. The van der Waals surface area contributed by atoms with Crippen LogP contribution >= 0.6 is 0 Å². The van der Waals surface area contributed by atoms with Crippen molar-refractivity contribution < 1.29 is 19.1 Å². The Hall–Kier alpha value is -2.24. The van der Waals surface area contributed by atoms with E-state index in [1.165, 1.54) is 0 Å². The number of hydrogen-bond acceptors (Lipinski definition) is 4. The lowest BCUT2D eigenvalue weighted by Crippen LogP contribution is -2.34. The molecule has 25 heavy (non-hydrogen) atoms. The second kappa shape index (κ2) is 9.30. The summed E-state index contributed by atoms with van der Waals surface area (Å²) in [6, 6.07) is 5.73. The molecule has 1 aromatic rings. The third-order valence-corrected chi connectivity index (χ3v) is 4.53. The van der Waals surface area contributed by atoms with E-state index >= 15 is 0 Å². The van der Waals surface area contributed by atoms with E-state index in [4.69, 9.17) is 9.47 Å². The van der Waals surface area contributed by atoms with Gasteiger partial charge in [-0.25, -0.2) is 0 Å². The minimum absolute atomic E-state index is 0.0344. The van der Waals surface area contributed by atoms with E-state index in [0.29, 0.717) is 37.4 Å². The number of nitrogens with one attached hydrogen (secondary N) is 1. The third-order valence-electron chi connectivity index (χ3n) is 4.53. The fourth-order valence-corrected chi connectivity index (χ4v) is 3.02. The minimum Gasteiger partial charge on any atom is -0.493 e. The summed E-state index contributed by atoms with van der Waals surface area (Å²) in [6.45, 7) is 3.93. The highest BCUT2D eigenvalue weighted by atomic mass is 16.5. The van der Waals surface area contributed by atoms with Gasteiger partial charge in [0.25, 0.3) is 0 Å². The van der Waals surface area contributed by atoms with Crippen molar-refractivity contribution >= 4 is 11.8 Å². The predicted octanol–water partition coefficient (Wildman–Crippen LogP) is 2.01. The first-order valence-electron chi connectivity index (χ1n) is 8.85. The van der Waals surface area contributed by atoms with Gasteiger partial charge < -0.3 is 19.7 Å². The summed E-state index contributed by atoms with van der Waals surface area (Å²) in [5, 5.41) is 2.95. The Kier molecular flexibility index (Phi) is 7.10. The molecule has 2 amide bonds. The van der Waals surface area contributed by atoms with Crippen molar-refractivity contribution in [3.05, 3.63) is 23.8 Å². The zero-order valence-electron chi connectivity index (χ0n) is 15.3. The normalized spacial score (nSPS) is 16.8. The number of rotatable bonds is 9. The average Bonchev–Trinajstić information content (AvgIpc) is 3.00. The van der Waals surface area contributed by atoms with E-state index in [9.17, 15) is 9.59 Å². The lowest BCUT2D eigenvalue weighted by Gasteiger charge is -2.16. The van der Waals surface area contributed by atoms with Gasteiger partial charge in [0.15, 0.2) is 11.5 Å². The van der Waals surface area contributed by atoms with Crippen LogP contribution in [0, 0.1) is 5.92 Å². The van der Waals surface area contributed by atoms with Gasteiger partial charge in [-0.2, -0.15) is 0 Å². The number of methoxy groups -OCH3 is 2. The van der Waals surface area contributed by atoms with Crippen molar-refractivity contribution in [1.82, 2.24) is 10.2 Å². The van der Waals surface area contributed by atoms with Gasteiger partial charge in [0.05, 0.1) is 20.1 Å². The lowest BCUT2D eigenvalue weighted by molar-refractivity contribution is -0.129. The molecule has 0 saturated carbocycles. The zero-order valence-corrected chi connectivity index (χ0v) is 15.3. The van der Waals surface area contributed by atoms with Crippen molar-refractivity contribution in [3.8, 4) is 11.5 Å². The van der Waals surface area contributed by atoms with E-state index in [1.54, 1.807) is 14.2 Å². The number of hydrogen-bond donors (Lipinski definition) is 1. The van der Waals surface area contributed by atoms with E-state index in [2.05, 4.69) is 12.2 Å². The van der Waals surface area contributed by atoms with E-state index in [0.717, 1.165) is 24.9 Å². The second-order valence-electron chi connectivity index (χ2n) is 6.32. The molecule has 1 saturated heterocycles. The second-order valence-corrected chi connectivity index (χ2v) is 6.32. The predicted molar refractivity (Wildman–Crippen MR) is 95.9 cm³/mol. The molecule has 0 radical (unpaired) electrons. The van der Waals surface area contributed by atoms with Crippen LogP contribution < -0.4 is 14.8 Å². The molecule has 1 unspecified atom stereocenters. The fourth-order valence-electron chi connectivity index (χ4n) is 3.02. The van der Waals surface area contributed by atoms with Crippen LogP contribution in [0.25, 0.3) is 0 Å². The maximum atomic E-state index is 12.3. The Morgan fingerprint density at radius 1 is 1.28 bits per heavy atom. The number of carbonyl (C=O) groups excluding carboxylic acids is 2. The fraction of sp³-hybridized carbons (Fsp3) is 0.579. The number of unbranched alkanes of at least 4 members (excludes halogenated alkanes) is 1. The van der Waals surface area contributed by atoms with Crippen molar-refractivity contribution in [1.29, 1.82) is 0 Å². The highest BCUT2D eigenvalue weighted by Gasteiger charge is 2.33. The van der Waals surface area contributed by atoms with Gasteiger partial charge in [-0.1, -0.05) is 19.4 Å². The van der Waals surface area contributed by atoms with Crippen LogP contribution in [0.5, 0.6) is 11.5 Å². The SMILES string of the molecule is CCCCN1CC(C(=O)NCCc2ccc(OC)c(OC)c2)CC1=O. The summed E-state index contributed by atoms with van der Waals surface area (Å²) in [6.07, 6.45) is 3.06. The standard InChI is InChI=1S/C19H28N2O4/c1-4-5-10-21-13-15(12-18(21)22)19(23)20-9-8-14-6-7-16(24-2)17(11-14)25-3/h6-7,11,15H,4-5,8-10,12-13H2,1-3H3,(H,20,23). The van der Waals surface area contributed by atoms with Crippen LogP contribution in [-0.2, 0) is 16.0 Å². The summed E-state index contributed by atoms with van der Waals surface area (Å²) in [5.74, 6) is 1.20. The van der Waals surface area contributed by atoms with Gasteiger partial charge in [0, 0.05) is 26.1 Å². The molecule has 0 spiro atoms. The number of carbonyl (C=O) groups is 2. The summed E-state index contributed by atoms with van der Waals surface area (Å²) in [4.78, 5) is 26.0. The topological polar surface area (TPSA) is 67.9 Å². The highest BCUT2D eigenvalue weighted by molar-refractivity contribution is 5.89. The molecule has 6 heteroatoms. The van der Waals surface area contributed by atoms with Crippen molar-refractivity contribution in [2.24, 2.45) is 5.92 Å². The average molecular weight is 348 g/mol. The van der Waals surface area contributed by atoms with Gasteiger partial charge >= 0.3 is 0 Å². The number of ether oxygens (including phenoxy) is 2. The number of amides is 2. The van der Waals surface area contributed by atoms with Crippen molar-refractivity contribution in [2.75, 3.05) is 33.9 Å². The summed E-state index contributed by atoms with van der Waals surface area (Å²) in [5.41, 5.74) is 1.06. The van der Waals surface area contributed by atoms with E-state index in [1.807, 2.05) is 23.1 Å². The molecule has 1 aliphatic rings.